The van der Waals surface area contributed by atoms with Crippen LogP contribution in [0.25, 0.3) is 11.3 Å². The van der Waals surface area contributed by atoms with Gasteiger partial charge in [0.2, 0.25) is 0 Å². The van der Waals surface area contributed by atoms with Gasteiger partial charge in [0, 0.05) is 11.1 Å². The average Bonchev–Trinajstić information content (AvgIpc) is 3.20. The lowest BCUT2D eigenvalue weighted by Crippen LogP contribution is -2.22. The Hall–Kier alpha value is -4.19. The molecular formula is C24H20N4O2. The number of hydrogen-bond donors (Lipinski definition) is 2. The summed E-state index contributed by atoms with van der Waals surface area (Å²) in [6, 6.07) is 28.1. The summed E-state index contributed by atoms with van der Waals surface area (Å²) in [4.78, 5) is 12.8. The summed E-state index contributed by atoms with van der Waals surface area (Å²) >= 11 is 0. The smallest absolute Gasteiger partial charge is 0.289 e. The van der Waals surface area contributed by atoms with Crippen LogP contribution in [0.1, 0.15) is 21.6 Å². The standard InChI is InChI=1S/C24H20N4O2/c29-23-14-8-7-13-20(23)16-25-26-24(30)22-15-21(19-11-5-2-6-12-19)27-28(22)17-18-9-3-1-4-10-18/h1-16,29H,17H2,(H,26,30)/b25-16+. The first-order valence-electron chi connectivity index (χ1n) is 9.49. The number of amides is 1. The van der Waals surface area contributed by atoms with Crippen molar-refractivity contribution in [2.45, 2.75) is 6.54 Å². The minimum absolute atomic E-state index is 0.0935. The van der Waals surface area contributed by atoms with E-state index in [1.807, 2.05) is 60.7 Å². The van der Waals surface area contributed by atoms with Gasteiger partial charge >= 0.3 is 0 Å². The number of benzene rings is 3. The van der Waals surface area contributed by atoms with Gasteiger partial charge in [0.15, 0.2) is 0 Å². The van der Waals surface area contributed by atoms with Gasteiger partial charge in [-0.1, -0.05) is 72.8 Å². The van der Waals surface area contributed by atoms with E-state index in [0.717, 1.165) is 11.1 Å². The van der Waals surface area contributed by atoms with Gasteiger partial charge in [0.25, 0.3) is 5.91 Å². The van der Waals surface area contributed by atoms with Crippen LogP contribution in [-0.4, -0.2) is 27.0 Å². The fraction of sp³-hybridized carbons (Fsp3) is 0.0417. The first-order chi connectivity index (χ1) is 14.7. The molecule has 0 radical (unpaired) electrons. The normalized spacial score (nSPS) is 10.9. The van der Waals surface area contributed by atoms with Gasteiger partial charge in [-0.15, -0.1) is 0 Å². The van der Waals surface area contributed by atoms with Crippen LogP contribution in [0.5, 0.6) is 5.75 Å². The number of phenols is 1. The highest BCUT2D eigenvalue weighted by molar-refractivity contribution is 5.94. The monoisotopic (exact) mass is 396 g/mol. The van der Waals surface area contributed by atoms with Crippen LogP contribution in [0.15, 0.2) is 96.1 Å². The third kappa shape index (κ3) is 4.44. The minimum atomic E-state index is -0.382. The molecule has 0 unspecified atom stereocenters. The molecule has 0 aliphatic rings. The topological polar surface area (TPSA) is 79.5 Å². The molecule has 1 heterocycles. The van der Waals surface area contributed by atoms with Crippen LogP contribution in [0, 0.1) is 0 Å². The van der Waals surface area contributed by atoms with Crippen LogP contribution >= 0.6 is 0 Å². The maximum Gasteiger partial charge on any atom is 0.289 e. The first kappa shape index (κ1) is 19.1. The van der Waals surface area contributed by atoms with Crippen LogP contribution in [-0.2, 0) is 6.54 Å². The molecule has 0 spiro atoms. The minimum Gasteiger partial charge on any atom is -0.507 e. The molecule has 1 amide bonds. The fourth-order valence-electron chi connectivity index (χ4n) is 3.04. The van der Waals surface area contributed by atoms with E-state index >= 15 is 0 Å². The summed E-state index contributed by atoms with van der Waals surface area (Å²) < 4.78 is 1.67. The second kappa shape index (κ2) is 8.87. The molecule has 3 aromatic carbocycles. The zero-order valence-corrected chi connectivity index (χ0v) is 16.1. The second-order valence-corrected chi connectivity index (χ2v) is 6.68. The highest BCUT2D eigenvalue weighted by Crippen LogP contribution is 2.20. The van der Waals surface area contributed by atoms with Gasteiger partial charge < -0.3 is 5.11 Å². The number of carbonyl (C=O) groups is 1. The fourth-order valence-corrected chi connectivity index (χ4v) is 3.04. The van der Waals surface area contributed by atoms with Crippen molar-refractivity contribution >= 4 is 12.1 Å². The number of nitrogens with zero attached hydrogens (tertiary/aromatic N) is 3. The summed E-state index contributed by atoms with van der Waals surface area (Å²) in [5.41, 5.74) is 6.10. The number of para-hydroxylation sites is 1. The Kier molecular flexibility index (Phi) is 5.66. The number of rotatable bonds is 6. The van der Waals surface area contributed by atoms with E-state index in [2.05, 4.69) is 15.6 Å². The molecule has 148 valence electrons. The number of aromatic nitrogens is 2. The lowest BCUT2D eigenvalue weighted by atomic mass is 10.1. The molecule has 6 heteroatoms. The third-order valence-corrected chi connectivity index (χ3v) is 4.56. The highest BCUT2D eigenvalue weighted by Gasteiger charge is 2.16. The number of aromatic hydroxyl groups is 1. The van der Waals surface area contributed by atoms with Gasteiger partial charge in [-0.25, -0.2) is 5.43 Å². The SMILES string of the molecule is O=C(N/N=C/c1ccccc1O)c1cc(-c2ccccc2)nn1Cc1ccccc1. The van der Waals surface area contributed by atoms with E-state index in [0.29, 0.717) is 23.5 Å². The van der Waals surface area contributed by atoms with Gasteiger partial charge in [0.1, 0.15) is 11.4 Å². The zero-order chi connectivity index (χ0) is 20.8. The van der Waals surface area contributed by atoms with Crippen molar-refractivity contribution < 1.29 is 9.90 Å². The van der Waals surface area contributed by atoms with Crippen molar-refractivity contribution in [1.29, 1.82) is 0 Å². The molecule has 4 aromatic rings. The van der Waals surface area contributed by atoms with E-state index in [1.165, 1.54) is 6.21 Å². The molecular weight excluding hydrogens is 376 g/mol. The highest BCUT2D eigenvalue weighted by atomic mass is 16.3. The van der Waals surface area contributed by atoms with Crippen molar-refractivity contribution in [2.75, 3.05) is 0 Å². The Morgan fingerprint density at radius 2 is 1.63 bits per heavy atom. The van der Waals surface area contributed by atoms with E-state index in [4.69, 9.17) is 0 Å². The van der Waals surface area contributed by atoms with Crippen LogP contribution in [0.3, 0.4) is 0 Å². The first-order valence-corrected chi connectivity index (χ1v) is 9.49. The lowest BCUT2D eigenvalue weighted by Gasteiger charge is -2.06. The van der Waals surface area contributed by atoms with Crippen LogP contribution in [0.4, 0.5) is 0 Å². The zero-order valence-electron chi connectivity index (χ0n) is 16.1. The third-order valence-electron chi connectivity index (χ3n) is 4.56. The van der Waals surface area contributed by atoms with Gasteiger partial charge in [-0.3, -0.25) is 9.48 Å². The summed E-state index contributed by atoms with van der Waals surface area (Å²) in [5.74, 6) is -0.289. The van der Waals surface area contributed by atoms with Crippen molar-refractivity contribution in [3.05, 3.63) is 108 Å². The molecule has 0 aliphatic carbocycles. The van der Waals surface area contributed by atoms with Crippen LogP contribution in [0.2, 0.25) is 0 Å². The van der Waals surface area contributed by atoms with Crippen molar-refractivity contribution in [2.24, 2.45) is 5.10 Å². The quantitative estimate of drug-likeness (QED) is 0.381. The van der Waals surface area contributed by atoms with E-state index in [1.54, 1.807) is 35.0 Å². The number of phenolic OH excluding ortho intramolecular Hbond substituents is 1. The predicted molar refractivity (Wildman–Crippen MR) is 116 cm³/mol. The average molecular weight is 396 g/mol. The molecule has 30 heavy (non-hydrogen) atoms. The van der Waals surface area contributed by atoms with E-state index in [-0.39, 0.29) is 11.7 Å². The Bertz CT molecular complexity index is 1170. The Morgan fingerprint density at radius 1 is 0.967 bits per heavy atom. The number of hydrazone groups is 1. The summed E-state index contributed by atoms with van der Waals surface area (Å²) in [6.07, 6.45) is 1.41. The largest absolute Gasteiger partial charge is 0.507 e. The summed E-state index contributed by atoms with van der Waals surface area (Å²) in [7, 11) is 0. The molecule has 0 atom stereocenters. The Morgan fingerprint density at radius 3 is 2.37 bits per heavy atom. The Labute approximate surface area is 174 Å². The van der Waals surface area contributed by atoms with Gasteiger partial charge in [-0.2, -0.15) is 10.2 Å². The van der Waals surface area contributed by atoms with Crippen molar-refractivity contribution in [3.63, 3.8) is 0 Å². The van der Waals surface area contributed by atoms with Gasteiger partial charge in [0.05, 0.1) is 18.5 Å². The van der Waals surface area contributed by atoms with Crippen molar-refractivity contribution in [3.8, 4) is 17.0 Å². The van der Waals surface area contributed by atoms with Crippen molar-refractivity contribution in [1.82, 2.24) is 15.2 Å². The maximum atomic E-state index is 12.8. The molecule has 0 saturated heterocycles. The Balaban J connectivity index is 1.60. The maximum absolute atomic E-state index is 12.8. The lowest BCUT2D eigenvalue weighted by molar-refractivity contribution is 0.0945. The molecule has 0 aliphatic heterocycles. The van der Waals surface area contributed by atoms with Gasteiger partial charge in [-0.05, 0) is 23.8 Å². The molecule has 4 rings (SSSR count). The van der Waals surface area contributed by atoms with E-state index < -0.39 is 0 Å². The van der Waals surface area contributed by atoms with E-state index in [9.17, 15) is 9.90 Å². The molecule has 0 fully saturated rings. The van der Waals surface area contributed by atoms with Crippen LogP contribution < -0.4 is 5.43 Å². The molecule has 2 N–H and O–H groups in total. The predicted octanol–water partition coefficient (Wildman–Crippen LogP) is 4.07. The number of carbonyl (C=O) groups excluding carboxylic acids is 1. The molecule has 1 aromatic heterocycles. The second-order valence-electron chi connectivity index (χ2n) is 6.68. The summed E-state index contributed by atoms with van der Waals surface area (Å²) in [6.45, 7) is 0.458. The molecule has 0 bridgehead atoms. The molecule has 6 nitrogen and oxygen atoms in total. The number of hydrogen-bond acceptors (Lipinski definition) is 4. The molecule has 0 saturated carbocycles. The summed E-state index contributed by atoms with van der Waals surface area (Å²) in [5, 5.41) is 18.4. The number of nitrogens with one attached hydrogen (secondary N) is 1.